The van der Waals surface area contributed by atoms with Crippen molar-refractivity contribution in [2.45, 2.75) is 19.4 Å². The summed E-state index contributed by atoms with van der Waals surface area (Å²) in [6.07, 6.45) is 2.19. The lowest BCUT2D eigenvalue weighted by molar-refractivity contribution is 0.207. The number of aliphatic hydroxyl groups is 1. The van der Waals surface area contributed by atoms with Crippen LogP contribution in [0.5, 0.6) is 0 Å². The molecule has 0 saturated heterocycles. The molecule has 19 heavy (non-hydrogen) atoms. The summed E-state index contributed by atoms with van der Waals surface area (Å²) in [4.78, 5) is 0. The molecule has 6 heteroatoms. The van der Waals surface area contributed by atoms with E-state index in [1.54, 1.807) is 4.68 Å². The Labute approximate surface area is 111 Å². The molecule has 2 aromatic rings. The Morgan fingerprint density at radius 1 is 1.26 bits per heavy atom. The zero-order valence-corrected chi connectivity index (χ0v) is 10.7. The van der Waals surface area contributed by atoms with E-state index >= 15 is 0 Å². The van der Waals surface area contributed by atoms with Gasteiger partial charge in [-0.05, 0) is 35.4 Å². The first-order valence-electron chi connectivity index (χ1n) is 6.47. The fraction of sp³-hybridized carbons (Fsp3) is 0.462. The zero-order chi connectivity index (χ0) is 13.1. The number of hydrogen-bond acceptors (Lipinski definition) is 5. The molecule has 3 rings (SSSR count). The molecule has 0 radical (unpaired) electrons. The summed E-state index contributed by atoms with van der Waals surface area (Å²) >= 11 is 0. The van der Waals surface area contributed by atoms with Gasteiger partial charge < -0.3 is 10.4 Å². The lowest BCUT2D eigenvalue weighted by Gasteiger charge is -2.12. The van der Waals surface area contributed by atoms with Crippen molar-refractivity contribution in [3.05, 3.63) is 36.2 Å². The minimum Gasteiger partial charge on any atom is -0.396 e. The highest BCUT2D eigenvalue weighted by atomic mass is 16.3. The topological polar surface area (TPSA) is 75.9 Å². The summed E-state index contributed by atoms with van der Waals surface area (Å²) in [7, 11) is 0. The fourth-order valence-corrected chi connectivity index (χ4v) is 2.09. The maximum absolute atomic E-state index is 9.26. The molecule has 0 spiro atoms. The van der Waals surface area contributed by atoms with Crippen molar-refractivity contribution in [3.8, 4) is 5.69 Å². The molecule has 1 aromatic carbocycles. The molecule has 1 aromatic heterocycles. The summed E-state index contributed by atoms with van der Waals surface area (Å²) in [6.45, 7) is 1.67. The Hall–Kier alpha value is -1.79. The van der Waals surface area contributed by atoms with Crippen LogP contribution in [0.15, 0.2) is 30.3 Å². The van der Waals surface area contributed by atoms with Crippen molar-refractivity contribution in [2.24, 2.45) is 5.41 Å². The summed E-state index contributed by atoms with van der Waals surface area (Å²) in [5, 5.41) is 24.4. The molecule has 2 N–H and O–H groups in total. The molecule has 0 unspecified atom stereocenters. The summed E-state index contributed by atoms with van der Waals surface area (Å²) in [6, 6.07) is 9.81. The van der Waals surface area contributed by atoms with Crippen molar-refractivity contribution in [1.29, 1.82) is 0 Å². The number of aromatic nitrogens is 4. The maximum Gasteiger partial charge on any atom is 0.170 e. The highest BCUT2D eigenvalue weighted by molar-refractivity contribution is 5.30. The number of tetrazole rings is 1. The standard InChI is InChI=1S/C13H17N5O/c19-10-13(6-7-13)9-14-8-12-15-16-17-18(12)11-4-2-1-3-5-11/h1-5,14,19H,6-10H2. The Bertz CT molecular complexity index is 535. The van der Waals surface area contributed by atoms with Gasteiger partial charge in [-0.1, -0.05) is 18.2 Å². The lowest BCUT2D eigenvalue weighted by Crippen LogP contribution is -2.27. The Morgan fingerprint density at radius 2 is 2.05 bits per heavy atom. The van der Waals surface area contributed by atoms with Crippen molar-refractivity contribution < 1.29 is 5.11 Å². The van der Waals surface area contributed by atoms with Gasteiger partial charge in [-0.15, -0.1) is 5.10 Å². The molecule has 1 aliphatic carbocycles. The van der Waals surface area contributed by atoms with E-state index < -0.39 is 0 Å². The predicted molar refractivity (Wildman–Crippen MR) is 69.6 cm³/mol. The maximum atomic E-state index is 9.26. The molecule has 0 bridgehead atoms. The normalized spacial score (nSPS) is 16.5. The van der Waals surface area contributed by atoms with Crippen LogP contribution in [-0.4, -0.2) is 38.5 Å². The van der Waals surface area contributed by atoms with E-state index in [4.69, 9.17) is 0 Å². The highest BCUT2D eigenvalue weighted by Crippen LogP contribution is 2.44. The van der Waals surface area contributed by atoms with E-state index in [0.29, 0.717) is 6.54 Å². The van der Waals surface area contributed by atoms with Crippen LogP contribution in [0, 0.1) is 5.41 Å². The van der Waals surface area contributed by atoms with E-state index in [0.717, 1.165) is 30.9 Å². The second-order valence-corrected chi connectivity index (χ2v) is 5.10. The summed E-state index contributed by atoms with van der Waals surface area (Å²) in [5.74, 6) is 0.778. The van der Waals surface area contributed by atoms with Gasteiger partial charge in [0.25, 0.3) is 0 Å². The second-order valence-electron chi connectivity index (χ2n) is 5.10. The van der Waals surface area contributed by atoms with E-state index in [1.165, 1.54) is 0 Å². The van der Waals surface area contributed by atoms with Crippen LogP contribution < -0.4 is 5.32 Å². The van der Waals surface area contributed by atoms with Crippen molar-refractivity contribution in [2.75, 3.05) is 13.2 Å². The van der Waals surface area contributed by atoms with Crippen LogP contribution in [0.1, 0.15) is 18.7 Å². The van der Waals surface area contributed by atoms with E-state index in [1.807, 2.05) is 30.3 Å². The van der Waals surface area contributed by atoms with Crippen LogP contribution in [0.2, 0.25) is 0 Å². The zero-order valence-electron chi connectivity index (χ0n) is 10.7. The number of para-hydroxylation sites is 1. The van der Waals surface area contributed by atoms with Crippen LogP contribution in [0.3, 0.4) is 0 Å². The van der Waals surface area contributed by atoms with Gasteiger partial charge in [-0.2, -0.15) is 4.68 Å². The number of aliphatic hydroxyl groups excluding tert-OH is 1. The number of benzene rings is 1. The minimum atomic E-state index is 0.102. The third kappa shape index (κ3) is 2.64. The second kappa shape index (κ2) is 5.07. The van der Waals surface area contributed by atoms with Gasteiger partial charge in [0, 0.05) is 18.6 Å². The van der Waals surface area contributed by atoms with Crippen LogP contribution >= 0.6 is 0 Å². The van der Waals surface area contributed by atoms with Gasteiger partial charge in [-0.25, -0.2) is 0 Å². The molecule has 1 heterocycles. The lowest BCUT2D eigenvalue weighted by atomic mass is 10.1. The first-order chi connectivity index (χ1) is 9.33. The molecule has 0 aliphatic heterocycles. The molecule has 6 nitrogen and oxygen atoms in total. The molecule has 1 saturated carbocycles. The highest BCUT2D eigenvalue weighted by Gasteiger charge is 2.41. The number of nitrogens with one attached hydrogen (secondary N) is 1. The van der Waals surface area contributed by atoms with Gasteiger partial charge in [0.15, 0.2) is 5.82 Å². The van der Waals surface area contributed by atoms with Gasteiger partial charge in [0.1, 0.15) is 0 Å². The van der Waals surface area contributed by atoms with Crippen LogP contribution in [0.25, 0.3) is 5.69 Å². The van der Waals surface area contributed by atoms with Crippen molar-refractivity contribution in [1.82, 2.24) is 25.5 Å². The summed E-state index contributed by atoms with van der Waals surface area (Å²) in [5.41, 5.74) is 1.05. The number of hydrogen-bond donors (Lipinski definition) is 2. The smallest absolute Gasteiger partial charge is 0.170 e. The van der Waals surface area contributed by atoms with Gasteiger partial charge in [0.05, 0.1) is 12.2 Å². The van der Waals surface area contributed by atoms with Crippen molar-refractivity contribution in [3.63, 3.8) is 0 Å². The fourth-order valence-electron chi connectivity index (χ4n) is 2.09. The van der Waals surface area contributed by atoms with E-state index in [9.17, 15) is 5.11 Å². The van der Waals surface area contributed by atoms with Crippen LogP contribution in [-0.2, 0) is 6.54 Å². The first-order valence-corrected chi connectivity index (χ1v) is 6.47. The Morgan fingerprint density at radius 3 is 2.74 bits per heavy atom. The predicted octanol–water partition coefficient (Wildman–Crippen LogP) is 0.524. The van der Waals surface area contributed by atoms with Gasteiger partial charge in [-0.3, -0.25) is 0 Å². The number of nitrogens with zero attached hydrogens (tertiary/aromatic N) is 4. The quantitative estimate of drug-likeness (QED) is 0.791. The van der Waals surface area contributed by atoms with E-state index in [-0.39, 0.29) is 12.0 Å². The molecular weight excluding hydrogens is 242 g/mol. The van der Waals surface area contributed by atoms with Crippen molar-refractivity contribution >= 4 is 0 Å². The third-order valence-corrected chi connectivity index (χ3v) is 3.61. The molecule has 0 atom stereocenters. The number of rotatable bonds is 6. The average molecular weight is 259 g/mol. The van der Waals surface area contributed by atoms with Gasteiger partial charge in [0.2, 0.25) is 0 Å². The SMILES string of the molecule is OCC1(CNCc2nnnn2-c2ccccc2)CC1. The summed E-state index contributed by atoms with van der Waals surface area (Å²) < 4.78 is 1.73. The average Bonchev–Trinajstić information content (AvgIpc) is 3.09. The van der Waals surface area contributed by atoms with E-state index in [2.05, 4.69) is 20.8 Å². The first kappa shape index (κ1) is 12.3. The molecule has 1 aliphatic rings. The molecule has 100 valence electrons. The Kier molecular flexibility index (Phi) is 3.27. The molecule has 0 amide bonds. The largest absolute Gasteiger partial charge is 0.396 e. The Balaban J connectivity index is 1.64. The van der Waals surface area contributed by atoms with Gasteiger partial charge >= 0.3 is 0 Å². The monoisotopic (exact) mass is 259 g/mol. The minimum absolute atomic E-state index is 0.102. The third-order valence-electron chi connectivity index (χ3n) is 3.61. The van der Waals surface area contributed by atoms with Crippen LogP contribution in [0.4, 0.5) is 0 Å². The molecular formula is C13H17N5O. The molecule has 1 fully saturated rings.